The number of rotatable bonds is 2. The summed E-state index contributed by atoms with van der Waals surface area (Å²) >= 11 is 0. The highest BCUT2D eigenvalue weighted by Crippen LogP contribution is 2.40. The second kappa shape index (κ2) is 4.89. The summed E-state index contributed by atoms with van der Waals surface area (Å²) in [5.41, 5.74) is 7.96. The molecule has 0 saturated heterocycles. The third kappa shape index (κ3) is 2.53. The molecule has 0 spiro atoms. The minimum Gasteiger partial charge on any atom is -0.399 e. The van der Waals surface area contributed by atoms with Gasteiger partial charge in [-0.3, -0.25) is 0 Å². The summed E-state index contributed by atoms with van der Waals surface area (Å²) in [5.74, 6) is 0.842. The number of anilines is 1. The van der Waals surface area contributed by atoms with Gasteiger partial charge in [0, 0.05) is 11.3 Å². The second-order valence-electron chi connectivity index (χ2n) is 6.46. The van der Waals surface area contributed by atoms with Crippen molar-refractivity contribution in [3.8, 4) is 11.4 Å². The van der Waals surface area contributed by atoms with Crippen molar-refractivity contribution in [3.05, 3.63) is 24.3 Å². The fourth-order valence-electron chi connectivity index (χ4n) is 2.89. The van der Waals surface area contributed by atoms with E-state index in [0.29, 0.717) is 11.5 Å². The van der Waals surface area contributed by atoms with Gasteiger partial charge in [0.2, 0.25) is 0 Å². The van der Waals surface area contributed by atoms with Gasteiger partial charge in [0.1, 0.15) is 0 Å². The van der Waals surface area contributed by atoms with E-state index >= 15 is 0 Å². The summed E-state index contributed by atoms with van der Waals surface area (Å²) in [6, 6.07) is 8.14. The number of nitrogens with zero attached hydrogens (tertiary/aromatic N) is 4. The Labute approximate surface area is 119 Å². The van der Waals surface area contributed by atoms with E-state index in [-0.39, 0.29) is 0 Å². The minimum absolute atomic E-state index is 0.408. The van der Waals surface area contributed by atoms with Gasteiger partial charge in [-0.1, -0.05) is 13.8 Å². The Morgan fingerprint density at radius 2 is 1.80 bits per heavy atom. The first kappa shape index (κ1) is 13.1. The van der Waals surface area contributed by atoms with Gasteiger partial charge in [-0.25, -0.2) is 4.68 Å². The SMILES string of the molecule is CC1(C)CCC(n2nnnc2-c2ccc(N)cc2)CC1. The largest absolute Gasteiger partial charge is 0.399 e. The monoisotopic (exact) mass is 271 g/mol. The Morgan fingerprint density at radius 1 is 1.15 bits per heavy atom. The van der Waals surface area contributed by atoms with E-state index < -0.39 is 0 Å². The Hall–Kier alpha value is -1.91. The molecule has 1 heterocycles. The molecule has 2 N–H and O–H groups in total. The molecule has 0 amide bonds. The zero-order valence-electron chi connectivity index (χ0n) is 12.1. The molecule has 5 heteroatoms. The lowest BCUT2D eigenvalue weighted by Gasteiger charge is -2.34. The summed E-state index contributed by atoms with van der Waals surface area (Å²) < 4.78 is 1.99. The van der Waals surface area contributed by atoms with E-state index in [0.717, 1.165) is 29.9 Å². The molecular weight excluding hydrogens is 250 g/mol. The molecule has 1 aromatic carbocycles. The number of hydrogen-bond donors (Lipinski definition) is 1. The standard InChI is InChI=1S/C15H21N5/c1-15(2)9-7-13(8-10-15)20-14(17-18-19-20)11-3-5-12(16)6-4-11/h3-6,13H,7-10,16H2,1-2H3. The fourth-order valence-corrected chi connectivity index (χ4v) is 2.89. The molecule has 0 unspecified atom stereocenters. The number of nitrogens with two attached hydrogens (primary N) is 1. The molecule has 1 saturated carbocycles. The lowest BCUT2D eigenvalue weighted by atomic mass is 9.75. The number of tetrazole rings is 1. The predicted octanol–water partition coefficient (Wildman–Crippen LogP) is 3.06. The summed E-state index contributed by atoms with van der Waals surface area (Å²) in [7, 11) is 0. The molecule has 1 fully saturated rings. The highest BCUT2D eigenvalue weighted by atomic mass is 15.5. The van der Waals surface area contributed by atoms with E-state index in [4.69, 9.17) is 5.73 Å². The van der Waals surface area contributed by atoms with E-state index in [1.807, 2.05) is 28.9 Å². The molecule has 106 valence electrons. The highest BCUT2D eigenvalue weighted by molar-refractivity contribution is 5.58. The summed E-state index contributed by atoms with van der Waals surface area (Å²) in [4.78, 5) is 0. The van der Waals surface area contributed by atoms with E-state index in [2.05, 4.69) is 29.4 Å². The van der Waals surface area contributed by atoms with E-state index in [9.17, 15) is 0 Å². The third-order valence-corrected chi connectivity index (χ3v) is 4.32. The van der Waals surface area contributed by atoms with Crippen molar-refractivity contribution in [1.29, 1.82) is 0 Å². The van der Waals surface area contributed by atoms with Crippen molar-refractivity contribution in [2.45, 2.75) is 45.6 Å². The van der Waals surface area contributed by atoms with Crippen LogP contribution in [-0.4, -0.2) is 20.2 Å². The van der Waals surface area contributed by atoms with Crippen LogP contribution in [0.3, 0.4) is 0 Å². The molecule has 5 nitrogen and oxygen atoms in total. The molecular formula is C15H21N5. The van der Waals surface area contributed by atoms with Crippen molar-refractivity contribution in [3.63, 3.8) is 0 Å². The van der Waals surface area contributed by atoms with Crippen molar-refractivity contribution in [1.82, 2.24) is 20.2 Å². The lowest BCUT2D eigenvalue weighted by molar-refractivity contribution is 0.185. The van der Waals surface area contributed by atoms with Crippen LogP contribution in [0.2, 0.25) is 0 Å². The maximum absolute atomic E-state index is 5.73. The van der Waals surface area contributed by atoms with Crippen LogP contribution in [0, 0.1) is 5.41 Å². The number of aromatic nitrogens is 4. The lowest BCUT2D eigenvalue weighted by Crippen LogP contribution is -2.24. The van der Waals surface area contributed by atoms with Gasteiger partial charge in [-0.2, -0.15) is 0 Å². The second-order valence-corrected chi connectivity index (χ2v) is 6.46. The van der Waals surface area contributed by atoms with Crippen molar-refractivity contribution in [2.75, 3.05) is 5.73 Å². The maximum atomic E-state index is 5.73. The van der Waals surface area contributed by atoms with E-state index in [1.165, 1.54) is 12.8 Å². The summed E-state index contributed by atoms with van der Waals surface area (Å²) in [6.45, 7) is 4.67. The number of benzene rings is 1. The average molecular weight is 271 g/mol. The van der Waals surface area contributed by atoms with E-state index in [1.54, 1.807) is 0 Å². The molecule has 0 aliphatic heterocycles. The topological polar surface area (TPSA) is 69.6 Å². The van der Waals surface area contributed by atoms with Gasteiger partial charge in [-0.15, -0.1) is 5.10 Å². The fraction of sp³-hybridized carbons (Fsp3) is 0.533. The Morgan fingerprint density at radius 3 is 2.45 bits per heavy atom. The molecule has 2 aromatic rings. The summed E-state index contributed by atoms with van der Waals surface area (Å²) in [6.07, 6.45) is 4.72. The van der Waals surface area contributed by atoms with Crippen molar-refractivity contribution < 1.29 is 0 Å². The van der Waals surface area contributed by atoms with Crippen molar-refractivity contribution in [2.24, 2.45) is 5.41 Å². The van der Waals surface area contributed by atoms with Crippen LogP contribution in [0.25, 0.3) is 11.4 Å². The number of hydrogen-bond acceptors (Lipinski definition) is 4. The van der Waals surface area contributed by atoms with Gasteiger partial charge >= 0.3 is 0 Å². The van der Waals surface area contributed by atoms with Crippen LogP contribution in [0.15, 0.2) is 24.3 Å². The average Bonchev–Trinajstić information content (AvgIpc) is 2.89. The molecule has 1 aromatic heterocycles. The zero-order valence-corrected chi connectivity index (χ0v) is 12.1. The van der Waals surface area contributed by atoms with Crippen LogP contribution in [0.1, 0.15) is 45.6 Å². The number of nitrogen functional groups attached to an aromatic ring is 1. The molecule has 1 aliphatic rings. The molecule has 1 aliphatic carbocycles. The predicted molar refractivity (Wildman–Crippen MR) is 79.0 cm³/mol. The molecule has 20 heavy (non-hydrogen) atoms. The Bertz CT molecular complexity index is 575. The Balaban J connectivity index is 1.86. The zero-order chi connectivity index (χ0) is 14.2. The van der Waals surface area contributed by atoms with Crippen LogP contribution < -0.4 is 5.73 Å². The first-order valence-electron chi connectivity index (χ1n) is 7.19. The first-order chi connectivity index (χ1) is 9.55. The van der Waals surface area contributed by atoms with Crippen LogP contribution in [-0.2, 0) is 0 Å². The van der Waals surface area contributed by atoms with Crippen LogP contribution >= 0.6 is 0 Å². The van der Waals surface area contributed by atoms with Gasteiger partial charge in [0.25, 0.3) is 0 Å². The quantitative estimate of drug-likeness (QED) is 0.852. The molecule has 0 bridgehead atoms. The van der Waals surface area contributed by atoms with Gasteiger partial charge in [-0.05, 0) is 65.8 Å². The normalized spacial score (nSPS) is 19.1. The summed E-state index contributed by atoms with van der Waals surface area (Å²) in [5, 5.41) is 12.3. The van der Waals surface area contributed by atoms with Crippen LogP contribution in [0.4, 0.5) is 5.69 Å². The molecule has 3 rings (SSSR count). The van der Waals surface area contributed by atoms with Gasteiger partial charge in [0.15, 0.2) is 5.82 Å². The molecule has 0 radical (unpaired) electrons. The van der Waals surface area contributed by atoms with Gasteiger partial charge < -0.3 is 5.73 Å². The smallest absolute Gasteiger partial charge is 0.182 e. The first-order valence-corrected chi connectivity index (χ1v) is 7.19. The van der Waals surface area contributed by atoms with Crippen LogP contribution in [0.5, 0.6) is 0 Å². The molecule has 0 atom stereocenters. The maximum Gasteiger partial charge on any atom is 0.182 e. The third-order valence-electron chi connectivity index (χ3n) is 4.32. The van der Waals surface area contributed by atoms with Gasteiger partial charge in [0.05, 0.1) is 6.04 Å². The highest BCUT2D eigenvalue weighted by Gasteiger charge is 2.29. The van der Waals surface area contributed by atoms with Crippen molar-refractivity contribution >= 4 is 5.69 Å². The minimum atomic E-state index is 0.408. The Kier molecular flexibility index (Phi) is 3.20.